The van der Waals surface area contributed by atoms with E-state index in [0.717, 1.165) is 12.0 Å². The number of esters is 2. The van der Waals surface area contributed by atoms with Crippen LogP contribution in [0.3, 0.4) is 0 Å². The molecule has 0 saturated carbocycles. The average Bonchev–Trinajstić information content (AvgIpc) is 3.00. The maximum Gasteiger partial charge on any atom is 0.347 e. The Hall–Kier alpha value is -5.44. The lowest BCUT2D eigenvalue weighted by atomic mass is 9.91. The molecule has 0 fully saturated rings. The van der Waals surface area contributed by atoms with Gasteiger partial charge in [-0.25, -0.2) is 4.79 Å². The first-order valence-electron chi connectivity index (χ1n) is 14.4. The average molecular weight is 668 g/mol. The van der Waals surface area contributed by atoms with Crippen LogP contribution in [0.2, 0.25) is 0 Å². The second-order valence-corrected chi connectivity index (χ2v) is 11.4. The van der Waals surface area contributed by atoms with Crippen LogP contribution in [0.4, 0.5) is 0 Å². The normalized spacial score (nSPS) is 12.0. The lowest BCUT2D eigenvalue weighted by Crippen LogP contribution is -2.29. The topological polar surface area (TPSA) is 200 Å². The molecule has 0 spiro atoms. The highest BCUT2D eigenvalue weighted by Gasteiger charge is 2.25. The van der Waals surface area contributed by atoms with Gasteiger partial charge in [-0.1, -0.05) is 63.3 Å². The maximum atomic E-state index is 13.3. The fraction of sp³-hybridized carbons (Fsp3) is 0.312. The Bertz CT molecular complexity index is 1630. The van der Waals surface area contributed by atoms with Crippen LogP contribution < -0.4 is 15.2 Å². The molecule has 0 heterocycles. The molecule has 0 aliphatic rings. The summed E-state index contributed by atoms with van der Waals surface area (Å²) in [5.41, 5.74) is 8.33. The van der Waals surface area contributed by atoms with E-state index >= 15 is 0 Å². The minimum Gasteiger partial charge on any atom is -0.426 e. The molecule has 3 aromatic rings. The zero-order valence-corrected chi connectivity index (χ0v) is 26.6. The molecular formula is C32H33N3O11S. The van der Waals surface area contributed by atoms with Crippen molar-refractivity contribution in [2.45, 2.75) is 52.1 Å². The second kappa shape index (κ2) is 16.7. The Labute approximate surface area is 275 Å². The van der Waals surface area contributed by atoms with E-state index in [9.17, 15) is 34.6 Å². The summed E-state index contributed by atoms with van der Waals surface area (Å²) in [4.78, 5) is 69.1. The summed E-state index contributed by atoms with van der Waals surface area (Å²) in [7, 11) is 0. The molecule has 3 rings (SSSR count). The molecule has 47 heavy (non-hydrogen) atoms. The van der Waals surface area contributed by atoms with Crippen LogP contribution in [0.1, 0.15) is 65.7 Å². The summed E-state index contributed by atoms with van der Waals surface area (Å²) in [5, 5.41) is 18.9. The van der Waals surface area contributed by atoms with Crippen LogP contribution in [-0.2, 0) is 32.1 Å². The molecular weight excluding hydrogens is 634 g/mol. The smallest absolute Gasteiger partial charge is 0.347 e. The van der Waals surface area contributed by atoms with Crippen molar-refractivity contribution >= 4 is 34.9 Å². The van der Waals surface area contributed by atoms with Gasteiger partial charge >= 0.3 is 11.9 Å². The molecule has 15 heteroatoms. The maximum absolute atomic E-state index is 13.3. The van der Waals surface area contributed by atoms with Crippen LogP contribution in [0, 0.1) is 26.1 Å². The standard InChI is InChI=1S/C32H33N3O11S/c1-19(2)14-21-4-7-23(8-5-21)20(3)28(36)16-22-6-13-29(45-30(37)17-26(46-35(41)42)18-43-34(39)40)27(15-22)32(38)44-25-11-9-24(10-12-25)31(33)47/h4-13,15,19-20,26H,14,16-18H2,1-3H3,(H2,33,47). The van der Waals surface area contributed by atoms with E-state index in [0.29, 0.717) is 17.0 Å². The number of ether oxygens (including phenoxy) is 2. The van der Waals surface area contributed by atoms with Gasteiger partial charge in [-0.05, 0) is 65.4 Å². The Kier molecular flexibility index (Phi) is 12.8. The van der Waals surface area contributed by atoms with Crippen molar-refractivity contribution in [1.82, 2.24) is 0 Å². The largest absolute Gasteiger partial charge is 0.426 e. The van der Waals surface area contributed by atoms with E-state index in [1.165, 1.54) is 35.9 Å². The number of carbonyl (C=O) groups excluding carboxylic acids is 3. The zero-order valence-electron chi connectivity index (χ0n) is 25.8. The van der Waals surface area contributed by atoms with Crippen molar-refractivity contribution < 1.29 is 43.7 Å². The minimum absolute atomic E-state index is 0.0664. The fourth-order valence-corrected chi connectivity index (χ4v) is 4.62. The van der Waals surface area contributed by atoms with Gasteiger partial charge in [0.25, 0.3) is 10.2 Å². The van der Waals surface area contributed by atoms with E-state index in [-0.39, 0.29) is 34.3 Å². The SMILES string of the molecule is CC(C)Cc1ccc(C(C)C(=O)Cc2ccc(OC(=O)CC(CO[N+](=O)[O-])O[N+](=O)[O-])c(C(=O)Oc3ccc(C(N)=S)cc3)c2)cc1. The third-order valence-electron chi connectivity index (χ3n) is 6.82. The summed E-state index contributed by atoms with van der Waals surface area (Å²) in [5.74, 6) is -2.36. The number of rotatable bonds is 17. The van der Waals surface area contributed by atoms with Crippen molar-refractivity contribution in [3.8, 4) is 11.5 Å². The van der Waals surface area contributed by atoms with E-state index < -0.39 is 47.2 Å². The number of hydrogen-bond donors (Lipinski definition) is 1. The summed E-state index contributed by atoms with van der Waals surface area (Å²) in [6, 6.07) is 17.9. The monoisotopic (exact) mass is 667 g/mol. The number of benzene rings is 3. The van der Waals surface area contributed by atoms with Gasteiger partial charge in [0.15, 0.2) is 0 Å². The lowest BCUT2D eigenvalue weighted by molar-refractivity contribution is -0.789. The summed E-state index contributed by atoms with van der Waals surface area (Å²) < 4.78 is 10.8. The van der Waals surface area contributed by atoms with Crippen molar-refractivity contribution in [3.05, 3.63) is 115 Å². The number of Topliss-reactive ketones (excluding diaryl/α,β-unsaturated/α-hetero) is 1. The second-order valence-electron chi connectivity index (χ2n) is 11.0. The van der Waals surface area contributed by atoms with E-state index in [4.69, 9.17) is 27.4 Å². The summed E-state index contributed by atoms with van der Waals surface area (Å²) in [6.45, 7) is 5.10. The number of thiocarbonyl (C=S) groups is 1. The number of ketones is 1. The number of nitrogens with two attached hydrogens (primary N) is 1. The molecule has 0 amide bonds. The third kappa shape index (κ3) is 11.5. The van der Waals surface area contributed by atoms with Crippen molar-refractivity contribution in [3.63, 3.8) is 0 Å². The highest BCUT2D eigenvalue weighted by atomic mass is 32.1. The van der Waals surface area contributed by atoms with Gasteiger partial charge in [0.1, 0.15) is 40.5 Å². The Balaban J connectivity index is 1.85. The Morgan fingerprint density at radius 1 is 0.872 bits per heavy atom. The zero-order chi connectivity index (χ0) is 34.7. The molecule has 248 valence electrons. The van der Waals surface area contributed by atoms with E-state index in [1.54, 1.807) is 19.1 Å². The highest BCUT2D eigenvalue weighted by molar-refractivity contribution is 7.80. The Morgan fingerprint density at radius 3 is 2.09 bits per heavy atom. The molecule has 0 aliphatic carbocycles. The minimum atomic E-state index is -1.68. The first-order valence-corrected chi connectivity index (χ1v) is 14.8. The first kappa shape index (κ1) is 36.0. The van der Waals surface area contributed by atoms with Crippen molar-refractivity contribution in [2.24, 2.45) is 11.7 Å². The van der Waals surface area contributed by atoms with Crippen molar-refractivity contribution in [2.75, 3.05) is 6.61 Å². The predicted octanol–water partition coefficient (Wildman–Crippen LogP) is 4.73. The van der Waals surface area contributed by atoms with Crippen LogP contribution in [0.15, 0.2) is 66.7 Å². The molecule has 3 aromatic carbocycles. The summed E-state index contributed by atoms with van der Waals surface area (Å²) in [6.07, 6.45) is -1.66. The van der Waals surface area contributed by atoms with Crippen LogP contribution in [0.25, 0.3) is 0 Å². The third-order valence-corrected chi connectivity index (χ3v) is 7.05. The molecule has 0 radical (unpaired) electrons. The quantitative estimate of drug-likeness (QED) is 0.0681. The van der Waals surface area contributed by atoms with Gasteiger partial charge in [-0.2, -0.15) is 0 Å². The first-order chi connectivity index (χ1) is 22.2. The van der Waals surface area contributed by atoms with E-state index in [1.807, 2.05) is 24.3 Å². The van der Waals surface area contributed by atoms with Crippen LogP contribution in [0.5, 0.6) is 11.5 Å². The predicted molar refractivity (Wildman–Crippen MR) is 171 cm³/mol. The van der Waals surface area contributed by atoms with Gasteiger partial charge in [0, 0.05) is 17.9 Å². The van der Waals surface area contributed by atoms with Crippen molar-refractivity contribution in [1.29, 1.82) is 0 Å². The number of carbonyl (C=O) groups is 3. The van der Waals surface area contributed by atoms with E-state index in [2.05, 4.69) is 23.5 Å². The molecule has 2 N–H and O–H groups in total. The van der Waals surface area contributed by atoms with Gasteiger partial charge in [-0.3, -0.25) is 9.59 Å². The lowest BCUT2D eigenvalue weighted by Gasteiger charge is -2.16. The van der Waals surface area contributed by atoms with Crippen LogP contribution in [-0.4, -0.2) is 45.6 Å². The molecule has 0 aliphatic heterocycles. The molecule has 2 atom stereocenters. The van der Waals surface area contributed by atoms with Gasteiger partial charge in [0.2, 0.25) is 0 Å². The highest BCUT2D eigenvalue weighted by Crippen LogP contribution is 2.26. The van der Waals surface area contributed by atoms with Gasteiger partial charge < -0.3 is 24.9 Å². The Morgan fingerprint density at radius 2 is 1.51 bits per heavy atom. The molecule has 0 aromatic heterocycles. The van der Waals surface area contributed by atoms with Gasteiger partial charge in [0.05, 0.1) is 6.42 Å². The number of nitrogens with zero attached hydrogens (tertiary/aromatic N) is 2. The molecule has 14 nitrogen and oxygen atoms in total. The van der Waals surface area contributed by atoms with Gasteiger partial charge in [-0.15, -0.1) is 20.2 Å². The number of hydrogen-bond acceptors (Lipinski definition) is 12. The molecule has 0 bridgehead atoms. The molecule has 0 saturated heterocycles. The summed E-state index contributed by atoms with van der Waals surface area (Å²) >= 11 is 4.93. The fourth-order valence-electron chi connectivity index (χ4n) is 4.48. The molecule has 2 unspecified atom stereocenters. The van der Waals surface area contributed by atoms with Crippen LogP contribution >= 0.6 is 12.2 Å².